The summed E-state index contributed by atoms with van der Waals surface area (Å²) in [7, 11) is 0. The highest BCUT2D eigenvalue weighted by molar-refractivity contribution is 6.30. The van der Waals surface area contributed by atoms with Crippen molar-refractivity contribution in [1.29, 1.82) is 0 Å². The topological polar surface area (TPSA) is 77.2 Å². The molecule has 1 amide bonds. The summed E-state index contributed by atoms with van der Waals surface area (Å²) >= 11 is 5.78. The fourth-order valence-corrected chi connectivity index (χ4v) is 3.78. The van der Waals surface area contributed by atoms with Crippen molar-refractivity contribution in [2.24, 2.45) is 0 Å². The number of aromatic nitrogens is 4. The van der Waals surface area contributed by atoms with E-state index in [9.17, 15) is 9.18 Å². The van der Waals surface area contributed by atoms with Crippen LogP contribution in [0.25, 0.3) is 11.0 Å². The van der Waals surface area contributed by atoms with Crippen LogP contribution in [0.4, 0.5) is 10.3 Å². The van der Waals surface area contributed by atoms with E-state index in [2.05, 4.69) is 34.1 Å². The van der Waals surface area contributed by atoms with Gasteiger partial charge in [-0.05, 0) is 43.4 Å². The van der Waals surface area contributed by atoms with Crippen LogP contribution in [0.3, 0.4) is 0 Å². The molecule has 0 aliphatic carbocycles. The molecule has 1 N–H and O–H groups in total. The second-order valence-electron chi connectivity index (χ2n) is 7.65. The maximum Gasteiger partial charge on any atom is 0.278 e. The molecule has 0 aliphatic rings. The van der Waals surface area contributed by atoms with E-state index in [0.29, 0.717) is 18.2 Å². The zero-order valence-electron chi connectivity index (χ0n) is 19.0. The first-order valence-corrected chi connectivity index (χ1v) is 11.5. The highest BCUT2D eigenvalue weighted by atomic mass is 35.5. The number of halogens is 2. The second kappa shape index (κ2) is 10.7. The molecule has 2 aromatic carbocycles. The Labute approximate surface area is 201 Å². The molecule has 0 saturated heterocycles. The Morgan fingerprint density at radius 1 is 1.18 bits per heavy atom. The van der Waals surface area contributed by atoms with Crippen LogP contribution in [0.15, 0.2) is 54.7 Å². The van der Waals surface area contributed by atoms with Crippen molar-refractivity contribution in [1.82, 2.24) is 24.2 Å². The Morgan fingerprint density at radius 3 is 2.74 bits per heavy atom. The minimum atomic E-state index is -0.518. The number of rotatable bonds is 10. The number of imidazole rings is 1. The third-order valence-electron chi connectivity index (χ3n) is 5.54. The molecular formula is C24H26ClFN6O2. The third kappa shape index (κ3) is 5.37. The predicted molar refractivity (Wildman–Crippen MR) is 130 cm³/mol. The maximum absolute atomic E-state index is 13.3. The van der Waals surface area contributed by atoms with E-state index in [1.165, 1.54) is 22.9 Å². The van der Waals surface area contributed by atoms with Gasteiger partial charge in [-0.15, -0.1) is 0 Å². The SMILES string of the molecule is CCN(CC)CCn1c(NC(=O)c2ccn(COc3ccc(F)c(Cl)c3)n2)nc2ccccc21. The summed E-state index contributed by atoms with van der Waals surface area (Å²) in [6.07, 6.45) is 1.63. The number of benzene rings is 2. The number of hydrogen-bond acceptors (Lipinski definition) is 5. The van der Waals surface area contributed by atoms with Gasteiger partial charge in [0.1, 0.15) is 11.6 Å². The van der Waals surface area contributed by atoms with E-state index in [0.717, 1.165) is 30.7 Å². The lowest BCUT2D eigenvalue weighted by atomic mass is 10.3. The Morgan fingerprint density at radius 2 is 1.97 bits per heavy atom. The summed E-state index contributed by atoms with van der Waals surface area (Å²) in [6, 6.07) is 13.5. The number of para-hydroxylation sites is 2. The van der Waals surface area contributed by atoms with Gasteiger partial charge in [-0.2, -0.15) is 5.10 Å². The smallest absolute Gasteiger partial charge is 0.278 e. The summed E-state index contributed by atoms with van der Waals surface area (Å²) in [4.78, 5) is 19.8. The van der Waals surface area contributed by atoms with Crippen LogP contribution < -0.4 is 10.1 Å². The van der Waals surface area contributed by atoms with Gasteiger partial charge in [-0.1, -0.05) is 37.6 Å². The first-order valence-electron chi connectivity index (χ1n) is 11.1. The zero-order chi connectivity index (χ0) is 24.1. The number of likely N-dealkylation sites (N-methyl/N-ethyl adjacent to an activating group) is 1. The molecule has 2 heterocycles. The largest absolute Gasteiger partial charge is 0.471 e. The lowest BCUT2D eigenvalue weighted by Gasteiger charge is -2.19. The van der Waals surface area contributed by atoms with Gasteiger partial charge < -0.3 is 14.2 Å². The minimum Gasteiger partial charge on any atom is -0.471 e. The Balaban J connectivity index is 1.46. The van der Waals surface area contributed by atoms with E-state index in [1.807, 2.05) is 28.8 Å². The Kier molecular flexibility index (Phi) is 7.44. The van der Waals surface area contributed by atoms with Crippen LogP contribution in [-0.2, 0) is 13.3 Å². The number of nitrogens with zero attached hydrogens (tertiary/aromatic N) is 5. The summed E-state index contributed by atoms with van der Waals surface area (Å²) in [5.74, 6) is -0.0157. The predicted octanol–water partition coefficient (Wildman–Crippen LogP) is 4.66. The van der Waals surface area contributed by atoms with E-state index in [1.54, 1.807) is 12.3 Å². The standard InChI is InChI=1S/C24H26ClFN6O2/c1-3-30(4-2)13-14-32-22-8-6-5-7-20(22)27-24(32)28-23(33)21-11-12-31(29-21)16-34-17-9-10-19(26)18(25)15-17/h5-12,15H,3-4,13-14,16H2,1-2H3,(H,27,28,33). The van der Waals surface area contributed by atoms with Gasteiger partial charge in [0.25, 0.3) is 5.91 Å². The van der Waals surface area contributed by atoms with Crippen LogP contribution in [0, 0.1) is 5.82 Å². The number of nitrogens with one attached hydrogen (secondary N) is 1. The lowest BCUT2D eigenvalue weighted by Crippen LogP contribution is -2.27. The average molecular weight is 485 g/mol. The normalized spacial score (nSPS) is 11.3. The minimum absolute atomic E-state index is 0.0260. The number of ether oxygens (including phenoxy) is 1. The summed E-state index contributed by atoms with van der Waals surface area (Å²) < 4.78 is 22.4. The van der Waals surface area contributed by atoms with Gasteiger partial charge in [0.05, 0.1) is 16.1 Å². The first-order chi connectivity index (χ1) is 16.5. The third-order valence-corrected chi connectivity index (χ3v) is 5.83. The van der Waals surface area contributed by atoms with Crippen molar-refractivity contribution in [3.8, 4) is 5.75 Å². The van der Waals surface area contributed by atoms with Crippen molar-refractivity contribution in [2.75, 3.05) is 25.0 Å². The molecule has 0 saturated carbocycles. The van der Waals surface area contributed by atoms with E-state index < -0.39 is 5.82 Å². The van der Waals surface area contributed by atoms with E-state index >= 15 is 0 Å². The fourth-order valence-electron chi connectivity index (χ4n) is 3.61. The molecule has 0 spiro atoms. The quantitative estimate of drug-likeness (QED) is 0.354. The van der Waals surface area contributed by atoms with Gasteiger partial charge >= 0.3 is 0 Å². The van der Waals surface area contributed by atoms with Gasteiger partial charge in [-0.3, -0.25) is 10.1 Å². The van der Waals surface area contributed by atoms with Crippen molar-refractivity contribution >= 4 is 34.5 Å². The van der Waals surface area contributed by atoms with Gasteiger partial charge in [0.15, 0.2) is 12.4 Å². The molecule has 2 aromatic heterocycles. The molecule has 10 heteroatoms. The number of carbonyl (C=O) groups is 1. The molecule has 178 valence electrons. The van der Waals surface area contributed by atoms with Crippen LogP contribution in [-0.4, -0.2) is 49.8 Å². The number of anilines is 1. The van der Waals surface area contributed by atoms with Gasteiger partial charge in [-0.25, -0.2) is 14.1 Å². The summed E-state index contributed by atoms with van der Waals surface area (Å²) in [5, 5.41) is 7.14. The van der Waals surface area contributed by atoms with Gasteiger partial charge in [0.2, 0.25) is 5.95 Å². The summed E-state index contributed by atoms with van der Waals surface area (Å²) in [6.45, 7) is 7.74. The molecule has 0 bridgehead atoms. The van der Waals surface area contributed by atoms with Crippen LogP contribution in [0.5, 0.6) is 5.75 Å². The molecule has 0 aliphatic heterocycles. The molecule has 0 radical (unpaired) electrons. The van der Waals surface area contributed by atoms with Crippen LogP contribution in [0.1, 0.15) is 24.3 Å². The molecule has 4 aromatic rings. The molecule has 0 fully saturated rings. The summed E-state index contributed by atoms with van der Waals surface area (Å²) in [5.41, 5.74) is 2.00. The van der Waals surface area contributed by atoms with Gasteiger partial charge in [0, 0.05) is 25.4 Å². The Bertz CT molecular complexity index is 1280. The van der Waals surface area contributed by atoms with Crippen molar-refractivity contribution in [3.05, 3.63) is 71.3 Å². The van der Waals surface area contributed by atoms with Crippen molar-refractivity contribution in [3.63, 3.8) is 0 Å². The average Bonchev–Trinajstić information content (AvgIpc) is 3.45. The van der Waals surface area contributed by atoms with E-state index in [4.69, 9.17) is 16.3 Å². The second-order valence-corrected chi connectivity index (χ2v) is 8.05. The maximum atomic E-state index is 13.3. The zero-order valence-corrected chi connectivity index (χ0v) is 19.8. The Hall–Kier alpha value is -3.43. The number of fused-ring (bicyclic) bond motifs is 1. The lowest BCUT2D eigenvalue weighted by molar-refractivity contribution is 0.101. The molecule has 0 atom stereocenters. The monoisotopic (exact) mass is 484 g/mol. The number of hydrogen-bond donors (Lipinski definition) is 1. The van der Waals surface area contributed by atoms with E-state index in [-0.39, 0.29) is 23.4 Å². The van der Waals surface area contributed by atoms with Crippen LogP contribution in [0.2, 0.25) is 5.02 Å². The highest BCUT2D eigenvalue weighted by Crippen LogP contribution is 2.22. The fraction of sp³-hybridized carbons (Fsp3) is 0.292. The number of amides is 1. The first kappa shape index (κ1) is 23.7. The van der Waals surface area contributed by atoms with Crippen LogP contribution >= 0.6 is 11.6 Å². The van der Waals surface area contributed by atoms with Crippen molar-refractivity contribution < 1.29 is 13.9 Å². The molecular weight excluding hydrogens is 459 g/mol. The highest BCUT2D eigenvalue weighted by Gasteiger charge is 2.17. The molecule has 34 heavy (non-hydrogen) atoms. The number of carbonyl (C=O) groups excluding carboxylic acids is 1. The molecule has 0 unspecified atom stereocenters. The molecule has 4 rings (SSSR count). The van der Waals surface area contributed by atoms with Crippen molar-refractivity contribution in [2.45, 2.75) is 27.1 Å². The molecule has 8 nitrogen and oxygen atoms in total.